The van der Waals surface area contributed by atoms with Gasteiger partial charge in [0.25, 0.3) is 5.91 Å². The van der Waals surface area contributed by atoms with E-state index in [2.05, 4.69) is 15.6 Å². The Balaban J connectivity index is 1.45. The lowest BCUT2D eigenvalue weighted by atomic mass is 9.97. The Hall–Kier alpha value is -3.81. The van der Waals surface area contributed by atoms with Gasteiger partial charge in [0.2, 0.25) is 0 Å². The lowest BCUT2D eigenvalue weighted by molar-refractivity contribution is 0.0494. The van der Waals surface area contributed by atoms with Gasteiger partial charge in [0, 0.05) is 23.2 Å². The highest BCUT2D eigenvalue weighted by Crippen LogP contribution is 2.49. The second kappa shape index (κ2) is 9.68. The first-order valence-electron chi connectivity index (χ1n) is 12.1. The van der Waals surface area contributed by atoms with E-state index in [1.165, 1.54) is 0 Å². The van der Waals surface area contributed by atoms with E-state index in [0.29, 0.717) is 16.8 Å². The van der Waals surface area contributed by atoms with E-state index in [9.17, 15) is 14.7 Å². The van der Waals surface area contributed by atoms with Crippen molar-refractivity contribution in [1.29, 1.82) is 0 Å². The maximum absolute atomic E-state index is 13.4. The van der Waals surface area contributed by atoms with Crippen molar-refractivity contribution in [2.24, 2.45) is 0 Å². The van der Waals surface area contributed by atoms with Gasteiger partial charge in [-0.3, -0.25) is 9.78 Å². The van der Waals surface area contributed by atoms with Gasteiger partial charge in [-0.2, -0.15) is 0 Å². The fraction of sp³-hybridized carbons (Fsp3) is 0.393. The summed E-state index contributed by atoms with van der Waals surface area (Å²) in [5.74, 6) is 0.439. The molecule has 1 aliphatic rings. The molecule has 1 aliphatic carbocycles. The van der Waals surface area contributed by atoms with Crippen LogP contribution in [0.15, 0.2) is 48.7 Å². The number of carbonyl (C=O) groups excluding carboxylic acids is 2. The van der Waals surface area contributed by atoms with Crippen molar-refractivity contribution in [3.63, 3.8) is 0 Å². The number of benzene rings is 2. The number of ether oxygens (including phenoxy) is 2. The van der Waals surface area contributed by atoms with Gasteiger partial charge in [0.15, 0.2) is 0 Å². The van der Waals surface area contributed by atoms with Crippen molar-refractivity contribution in [3.8, 4) is 11.5 Å². The number of nitrogens with zero attached hydrogens (tertiary/aromatic N) is 1. The van der Waals surface area contributed by atoms with Gasteiger partial charge >= 0.3 is 6.09 Å². The van der Waals surface area contributed by atoms with Crippen LogP contribution in [-0.2, 0) is 10.3 Å². The normalized spacial score (nSPS) is 15.1. The Morgan fingerprint density at radius 2 is 1.92 bits per heavy atom. The van der Waals surface area contributed by atoms with Crippen molar-refractivity contribution in [2.45, 2.75) is 64.6 Å². The van der Waals surface area contributed by atoms with Crippen LogP contribution in [0.2, 0.25) is 0 Å². The molecule has 1 saturated carbocycles. The molecule has 8 nitrogen and oxygen atoms in total. The zero-order valence-corrected chi connectivity index (χ0v) is 21.3. The van der Waals surface area contributed by atoms with Crippen LogP contribution in [0.4, 0.5) is 4.79 Å². The van der Waals surface area contributed by atoms with Crippen LogP contribution >= 0.6 is 0 Å². The molecule has 1 fully saturated rings. The third-order valence-electron chi connectivity index (χ3n) is 6.04. The van der Waals surface area contributed by atoms with Gasteiger partial charge < -0.3 is 25.2 Å². The minimum Gasteiger partial charge on any atom is -0.508 e. The Kier molecular flexibility index (Phi) is 6.80. The van der Waals surface area contributed by atoms with Crippen LogP contribution in [0.25, 0.3) is 10.9 Å². The molecule has 2 amide bonds. The molecule has 36 heavy (non-hydrogen) atoms. The van der Waals surface area contributed by atoms with Gasteiger partial charge in [0.05, 0.1) is 17.1 Å². The van der Waals surface area contributed by atoms with E-state index in [0.717, 1.165) is 29.4 Å². The lowest BCUT2D eigenvalue weighted by Gasteiger charge is -2.22. The number of nitrogens with one attached hydrogen (secondary N) is 2. The van der Waals surface area contributed by atoms with E-state index in [1.807, 2.05) is 32.0 Å². The summed E-state index contributed by atoms with van der Waals surface area (Å²) in [7, 11) is 0. The summed E-state index contributed by atoms with van der Waals surface area (Å²) in [6, 6.07) is 12.2. The largest absolute Gasteiger partial charge is 0.508 e. The Labute approximate surface area is 211 Å². The van der Waals surface area contributed by atoms with Gasteiger partial charge in [-0.25, -0.2) is 4.79 Å². The molecule has 1 heterocycles. The molecular weight excluding hydrogens is 458 g/mol. The number of hydrogen-bond acceptors (Lipinski definition) is 6. The monoisotopic (exact) mass is 491 g/mol. The summed E-state index contributed by atoms with van der Waals surface area (Å²) >= 11 is 0. The second-order valence-corrected chi connectivity index (χ2v) is 10.4. The van der Waals surface area contributed by atoms with Crippen molar-refractivity contribution in [2.75, 3.05) is 6.61 Å². The standard InChI is InChI=1S/C28H33N3O5/c1-17-8-9-20(35-16-18(2)30-26(34)36-27(3,4)5)15-22(17)25(33)31-28(10-11-28)23-13-19(32)14-24-21(23)7-6-12-29-24/h6-9,12-15,18,32H,10-11,16H2,1-5H3,(H,30,34)(H,31,33). The minimum absolute atomic E-state index is 0.123. The summed E-state index contributed by atoms with van der Waals surface area (Å²) in [4.78, 5) is 29.7. The summed E-state index contributed by atoms with van der Waals surface area (Å²) < 4.78 is 11.1. The number of pyridine rings is 1. The van der Waals surface area contributed by atoms with Crippen LogP contribution in [0, 0.1) is 6.92 Å². The average Bonchev–Trinajstić information content (AvgIpc) is 3.56. The predicted octanol–water partition coefficient (Wildman–Crippen LogP) is 4.96. The fourth-order valence-electron chi connectivity index (χ4n) is 4.14. The number of carbonyl (C=O) groups is 2. The number of rotatable bonds is 7. The quantitative estimate of drug-likeness (QED) is 0.431. The molecule has 8 heteroatoms. The molecule has 190 valence electrons. The molecule has 3 N–H and O–H groups in total. The van der Waals surface area contributed by atoms with Gasteiger partial charge in [-0.1, -0.05) is 12.1 Å². The highest BCUT2D eigenvalue weighted by molar-refractivity contribution is 5.97. The van der Waals surface area contributed by atoms with Crippen molar-refractivity contribution < 1.29 is 24.2 Å². The van der Waals surface area contributed by atoms with E-state index in [1.54, 1.807) is 51.2 Å². The van der Waals surface area contributed by atoms with Gasteiger partial charge in [-0.05, 0) is 82.9 Å². The molecule has 1 atom stereocenters. The third-order valence-corrected chi connectivity index (χ3v) is 6.04. The maximum Gasteiger partial charge on any atom is 0.407 e. The van der Waals surface area contributed by atoms with Crippen molar-refractivity contribution >= 4 is 22.9 Å². The second-order valence-electron chi connectivity index (χ2n) is 10.4. The first-order valence-corrected chi connectivity index (χ1v) is 12.1. The Bertz CT molecular complexity index is 1290. The highest BCUT2D eigenvalue weighted by atomic mass is 16.6. The van der Waals surface area contributed by atoms with Crippen LogP contribution < -0.4 is 15.4 Å². The number of aromatic hydroxyl groups is 1. The number of hydrogen-bond donors (Lipinski definition) is 3. The van der Waals surface area contributed by atoms with E-state index in [-0.39, 0.29) is 24.3 Å². The first-order chi connectivity index (χ1) is 17.0. The van der Waals surface area contributed by atoms with Crippen molar-refractivity contribution in [3.05, 3.63) is 65.4 Å². The smallest absolute Gasteiger partial charge is 0.407 e. The van der Waals surface area contributed by atoms with Gasteiger partial charge in [0.1, 0.15) is 23.7 Å². The van der Waals surface area contributed by atoms with Crippen LogP contribution in [0.3, 0.4) is 0 Å². The predicted molar refractivity (Wildman–Crippen MR) is 137 cm³/mol. The lowest BCUT2D eigenvalue weighted by Crippen LogP contribution is -2.40. The molecular formula is C28H33N3O5. The molecule has 3 aromatic rings. The highest BCUT2D eigenvalue weighted by Gasteiger charge is 2.47. The fourth-order valence-corrected chi connectivity index (χ4v) is 4.14. The minimum atomic E-state index is -0.579. The van der Waals surface area contributed by atoms with E-state index < -0.39 is 17.2 Å². The number of aromatic nitrogens is 1. The van der Waals surface area contributed by atoms with Crippen LogP contribution in [0.1, 0.15) is 62.0 Å². The molecule has 4 rings (SSSR count). The van der Waals surface area contributed by atoms with Crippen molar-refractivity contribution in [1.82, 2.24) is 15.6 Å². The molecule has 1 aromatic heterocycles. The topological polar surface area (TPSA) is 110 Å². The average molecular weight is 492 g/mol. The third kappa shape index (κ3) is 5.87. The summed E-state index contributed by atoms with van der Waals surface area (Å²) in [5.41, 5.74) is 1.75. The first kappa shape index (κ1) is 25.3. The number of phenolic OH excluding ortho intramolecular Hbond substituents is 1. The number of fused-ring (bicyclic) bond motifs is 1. The van der Waals surface area contributed by atoms with E-state index in [4.69, 9.17) is 9.47 Å². The zero-order chi connectivity index (χ0) is 26.1. The number of aryl methyl sites for hydroxylation is 1. The number of alkyl carbamates (subject to hydrolysis) is 1. The molecule has 0 bridgehead atoms. The van der Waals surface area contributed by atoms with Crippen LogP contribution in [-0.4, -0.2) is 40.3 Å². The maximum atomic E-state index is 13.4. The van der Waals surface area contributed by atoms with Gasteiger partial charge in [-0.15, -0.1) is 0 Å². The Morgan fingerprint density at radius 1 is 1.17 bits per heavy atom. The number of amides is 2. The SMILES string of the molecule is Cc1ccc(OCC(C)NC(=O)OC(C)(C)C)cc1C(=O)NC1(c2cc(O)cc3ncccc23)CC1. The summed E-state index contributed by atoms with van der Waals surface area (Å²) in [5, 5.41) is 17.1. The molecule has 1 unspecified atom stereocenters. The molecule has 0 spiro atoms. The molecule has 0 saturated heterocycles. The number of phenols is 1. The molecule has 0 aliphatic heterocycles. The summed E-state index contributed by atoms with van der Waals surface area (Å²) in [6.07, 6.45) is 2.72. The molecule has 0 radical (unpaired) electrons. The van der Waals surface area contributed by atoms with Crippen LogP contribution in [0.5, 0.6) is 11.5 Å². The van der Waals surface area contributed by atoms with E-state index >= 15 is 0 Å². The molecule has 2 aromatic carbocycles. The zero-order valence-electron chi connectivity index (χ0n) is 21.3. The summed E-state index contributed by atoms with van der Waals surface area (Å²) in [6.45, 7) is 9.32. The Morgan fingerprint density at radius 3 is 2.61 bits per heavy atom.